The van der Waals surface area contributed by atoms with E-state index in [-0.39, 0.29) is 30.0 Å². The second kappa shape index (κ2) is 11.6. The van der Waals surface area contributed by atoms with Crippen molar-refractivity contribution in [2.45, 2.75) is 96.6 Å². The van der Waals surface area contributed by atoms with Crippen molar-refractivity contribution in [3.63, 3.8) is 0 Å². The predicted octanol–water partition coefficient (Wildman–Crippen LogP) is 4.65. The molecule has 1 aliphatic heterocycles. The lowest BCUT2D eigenvalue weighted by atomic mass is 9.60. The molecule has 6 heteroatoms. The number of ether oxygens (including phenoxy) is 2. The average molecular weight is 515 g/mol. The van der Waals surface area contributed by atoms with Crippen molar-refractivity contribution in [1.82, 2.24) is 0 Å². The van der Waals surface area contributed by atoms with Crippen LogP contribution in [-0.4, -0.2) is 58.9 Å². The van der Waals surface area contributed by atoms with Gasteiger partial charge in [0.25, 0.3) is 0 Å². The topological polar surface area (TPSA) is 96.2 Å². The van der Waals surface area contributed by atoms with E-state index in [9.17, 15) is 15.0 Å². The molecule has 1 saturated heterocycles. The molecule has 3 saturated carbocycles. The lowest BCUT2D eigenvalue weighted by molar-refractivity contribution is -0.140. The quantitative estimate of drug-likeness (QED) is 0.248. The van der Waals surface area contributed by atoms with Gasteiger partial charge in [-0.05, 0) is 79.3 Å². The van der Waals surface area contributed by atoms with Crippen molar-refractivity contribution < 1.29 is 29.6 Å². The van der Waals surface area contributed by atoms with Gasteiger partial charge in [0.1, 0.15) is 18.3 Å². The minimum atomic E-state index is -0.955. The Labute approximate surface area is 222 Å². The van der Waals surface area contributed by atoms with E-state index >= 15 is 0 Å². The van der Waals surface area contributed by atoms with Gasteiger partial charge in [0.2, 0.25) is 0 Å². The van der Waals surface area contributed by atoms with Crippen LogP contribution in [0.1, 0.15) is 72.1 Å². The van der Waals surface area contributed by atoms with Gasteiger partial charge in [-0.1, -0.05) is 51.7 Å². The molecule has 0 spiro atoms. The van der Waals surface area contributed by atoms with E-state index < -0.39 is 18.3 Å². The molecule has 1 heterocycles. The first kappa shape index (κ1) is 28.3. The highest BCUT2D eigenvalue weighted by Crippen LogP contribution is 2.60. The summed E-state index contributed by atoms with van der Waals surface area (Å²) in [6.45, 7) is 15.2. The zero-order valence-electron chi connectivity index (χ0n) is 22.8. The minimum Gasteiger partial charge on any atom is -0.458 e. The van der Waals surface area contributed by atoms with E-state index in [1.54, 1.807) is 0 Å². The van der Waals surface area contributed by atoms with Crippen LogP contribution in [0.25, 0.3) is 0 Å². The molecule has 3 N–H and O–H groups in total. The Morgan fingerprint density at radius 1 is 1.22 bits per heavy atom. The number of carbonyl (C=O) groups is 1. The number of allylic oxidation sites excluding steroid dienone is 3. The van der Waals surface area contributed by atoms with Gasteiger partial charge >= 0.3 is 5.97 Å². The van der Waals surface area contributed by atoms with Crippen LogP contribution in [0, 0.1) is 29.1 Å². The van der Waals surface area contributed by atoms with E-state index in [0.29, 0.717) is 48.3 Å². The lowest BCUT2D eigenvalue weighted by Crippen LogP contribution is -2.45. The maximum Gasteiger partial charge on any atom is 0.334 e. The Kier molecular flexibility index (Phi) is 8.84. The molecule has 4 aliphatic rings. The summed E-state index contributed by atoms with van der Waals surface area (Å²) in [4.78, 5) is 12.0. The smallest absolute Gasteiger partial charge is 0.334 e. The largest absolute Gasteiger partial charge is 0.458 e. The van der Waals surface area contributed by atoms with Gasteiger partial charge < -0.3 is 24.8 Å². The summed E-state index contributed by atoms with van der Waals surface area (Å²) in [5.74, 6) is 1.41. The fraction of sp³-hybridized carbons (Fsp3) is 0.710. The Balaban J connectivity index is 1.44. The van der Waals surface area contributed by atoms with E-state index in [0.717, 1.165) is 24.8 Å². The first-order valence-electron chi connectivity index (χ1n) is 14.2. The van der Waals surface area contributed by atoms with E-state index in [1.165, 1.54) is 24.8 Å². The summed E-state index contributed by atoms with van der Waals surface area (Å²) < 4.78 is 11.3. The van der Waals surface area contributed by atoms with Crippen LogP contribution in [0.5, 0.6) is 0 Å². The third-order valence-corrected chi connectivity index (χ3v) is 9.96. The standard InChI is InChI=1S/C31H46O6/c1-18(16-27-19(2)20(3)30(35)37-27)24-11-12-25-22(8-6-13-31(24,25)5)9-10-23-17-26(33)29(28(34)21(23)4)36-15-7-14-32/h9-10,18-19,24-29,32-34H,3-4,6-8,11-17H2,1-2,5H3/t18-,19-,24-,25+,26-,27+,28-,29+,31-/m1/s1. The molecular formula is C31H46O6. The number of aliphatic hydroxyl groups excluding tert-OH is 3. The molecule has 6 nitrogen and oxygen atoms in total. The maximum absolute atomic E-state index is 12.0. The summed E-state index contributed by atoms with van der Waals surface area (Å²) in [6, 6.07) is 0. The van der Waals surface area contributed by atoms with Crippen molar-refractivity contribution in [3.05, 3.63) is 47.6 Å². The normalized spacial score (nSPS) is 41.4. The van der Waals surface area contributed by atoms with Gasteiger partial charge in [-0.3, -0.25) is 0 Å². The molecule has 0 bridgehead atoms. The predicted molar refractivity (Wildman–Crippen MR) is 144 cm³/mol. The van der Waals surface area contributed by atoms with Gasteiger partial charge in [0, 0.05) is 31.1 Å². The fourth-order valence-electron chi connectivity index (χ4n) is 7.66. The Morgan fingerprint density at radius 3 is 2.65 bits per heavy atom. The number of aliphatic hydroxyl groups is 3. The Morgan fingerprint density at radius 2 is 1.97 bits per heavy atom. The molecule has 37 heavy (non-hydrogen) atoms. The first-order valence-corrected chi connectivity index (χ1v) is 14.2. The molecule has 0 radical (unpaired) electrons. The van der Waals surface area contributed by atoms with Crippen LogP contribution < -0.4 is 0 Å². The highest BCUT2D eigenvalue weighted by Gasteiger charge is 2.51. The molecular weight excluding hydrogens is 468 g/mol. The minimum absolute atomic E-state index is 0.0151. The zero-order chi connectivity index (χ0) is 26.9. The second-order valence-electron chi connectivity index (χ2n) is 12.2. The number of hydrogen-bond acceptors (Lipinski definition) is 6. The van der Waals surface area contributed by atoms with E-state index in [4.69, 9.17) is 14.6 Å². The van der Waals surface area contributed by atoms with Gasteiger partial charge in [-0.2, -0.15) is 0 Å². The summed E-state index contributed by atoms with van der Waals surface area (Å²) in [5, 5.41) is 30.3. The van der Waals surface area contributed by atoms with Crippen LogP contribution in [-0.2, 0) is 14.3 Å². The van der Waals surface area contributed by atoms with Gasteiger partial charge in [-0.15, -0.1) is 0 Å². The van der Waals surface area contributed by atoms with Crippen molar-refractivity contribution >= 4 is 5.97 Å². The lowest BCUT2D eigenvalue weighted by Gasteiger charge is -2.44. The van der Waals surface area contributed by atoms with Crippen molar-refractivity contribution in [2.75, 3.05) is 13.2 Å². The number of fused-ring (bicyclic) bond motifs is 1. The molecule has 0 unspecified atom stereocenters. The Bertz CT molecular complexity index is 949. The monoisotopic (exact) mass is 514 g/mol. The third kappa shape index (κ3) is 5.54. The van der Waals surface area contributed by atoms with Crippen LogP contribution >= 0.6 is 0 Å². The number of esters is 1. The third-order valence-electron chi connectivity index (χ3n) is 9.96. The van der Waals surface area contributed by atoms with Crippen molar-refractivity contribution in [1.29, 1.82) is 0 Å². The number of carbonyl (C=O) groups excluding carboxylic acids is 1. The molecule has 4 fully saturated rings. The molecule has 206 valence electrons. The summed E-state index contributed by atoms with van der Waals surface area (Å²) in [5.41, 5.74) is 3.77. The number of rotatable bonds is 8. The molecule has 0 aromatic carbocycles. The molecule has 9 atom stereocenters. The number of cyclic esters (lactones) is 1. The summed E-state index contributed by atoms with van der Waals surface area (Å²) in [7, 11) is 0. The zero-order valence-corrected chi connectivity index (χ0v) is 22.8. The van der Waals surface area contributed by atoms with Crippen molar-refractivity contribution in [2.24, 2.45) is 29.1 Å². The number of hydrogen-bond donors (Lipinski definition) is 3. The van der Waals surface area contributed by atoms with Gasteiger partial charge in [0.15, 0.2) is 0 Å². The molecule has 0 aromatic rings. The molecule has 0 aromatic heterocycles. The summed E-state index contributed by atoms with van der Waals surface area (Å²) >= 11 is 0. The highest BCUT2D eigenvalue weighted by molar-refractivity contribution is 5.90. The molecule has 3 aliphatic carbocycles. The maximum atomic E-state index is 12.0. The van der Waals surface area contributed by atoms with Crippen molar-refractivity contribution in [3.8, 4) is 0 Å². The molecule has 0 amide bonds. The van der Waals surface area contributed by atoms with Gasteiger partial charge in [0.05, 0.1) is 6.10 Å². The Hall–Kier alpha value is -1.73. The summed E-state index contributed by atoms with van der Waals surface area (Å²) in [6.07, 6.45) is 9.30. The SMILES string of the molecule is C=C1C(=O)O[C@@H](C[C@@H](C)[C@H]2CC[C@H]3C(=CC=C4C[C@@H](O)[C@H](OCCCO)[C@H](O)C4=C)CCC[C@]23C)[C@@H]1C. The van der Waals surface area contributed by atoms with Gasteiger partial charge in [-0.25, -0.2) is 4.79 Å². The van der Waals surface area contributed by atoms with Crippen LogP contribution in [0.4, 0.5) is 0 Å². The molecule has 4 rings (SSSR count). The van der Waals surface area contributed by atoms with Crippen LogP contribution in [0.3, 0.4) is 0 Å². The van der Waals surface area contributed by atoms with Crippen LogP contribution in [0.15, 0.2) is 47.6 Å². The first-order chi connectivity index (χ1) is 17.6. The highest BCUT2D eigenvalue weighted by atomic mass is 16.6. The average Bonchev–Trinajstić information content (AvgIpc) is 3.34. The fourth-order valence-corrected chi connectivity index (χ4v) is 7.66. The van der Waals surface area contributed by atoms with E-state index in [1.807, 2.05) is 0 Å². The van der Waals surface area contributed by atoms with Crippen LogP contribution in [0.2, 0.25) is 0 Å². The van der Waals surface area contributed by atoms with E-state index in [2.05, 4.69) is 46.1 Å². The second-order valence-corrected chi connectivity index (χ2v) is 12.2.